The van der Waals surface area contributed by atoms with Crippen LogP contribution in [0.15, 0.2) is 29.2 Å². The second kappa shape index (κ2) is 7.88. The van der Waals surface area contributed by atoms with Gasteiger partial charge in [-0.25, -0.2) is 13.2 Å². The molecule has 0 unspecified atom stereocenters. The Morgan fingerprint density at radius 1 is 1.16 bits per heavy atom. The number of benzene rings is 1. The van der Waals surface area contributed by atoms with Gasteiger partial charge >= 0.3 is 6.09 Å². The molecule has 31 heavy (non-hydrogen) atoms. The molecule has 2 aliphatic heterocycles. The zero-order valence-electron chi connectivity index (χ0n) is 17.2. The number of hydrogen-bond acceptors (Lipinski definition) is 6. The number of rotatable bonds is 5. The number of likely N-dealkylation sites (tertiary alicyclic amines) is 1. The van der Waals surface area contributed by atoms with Crippen LogP contribution in [0.25, 0.3) is 0 Å². The summed E-state index contributed by atoms with van der Waals surface area (Å²) in [5.41, 5.74) is -0.891. The van der Waals surface area contributed by atoms with Gasteiger partial charge in [0, 0.05) is 18.1 Å². The number of hydrogen-bond donors (Lipinski definition) is 1. The minimum atomic E-state index is -3.84. The number of halogens is 1. The van der Waals surface area contributed by atoms with E-state index in [0.29, 0.717) is 37.4 Å². The molecule has 2 saturated heterocycles. The van der Waals surface area contributed by atoms with Gasteiger partial charge in [-0.15, -0.1) is 0 Å². The maximum absolute atomic E-state index is 13.8. The molecular weight excluding hydrogens is 444 g/mol. The second-order valence-corrected chi connectivity index (χ2v) is 11.3. The van der Waals surface area contributed by atoms with Crippen molar-refractivity contribution in [3.05, 3.63) is 29.3 Å². The van der Waals surface area contributed by atoms with Crippen LogP contribution in [0, 0.1) is 5.92 Å². The van der Waals surface area contributed by atoms with Crippen LogP contribution in [-0.2, 0) is 19.5 Å². The summed E-state index contributed by atoms with van der Waals surface area (Å²) in [5.74, 6) is 0.255. The smallest absolute Gasteiger partial charge is 0.410 e. The average molecular weight is 471 g/mol. The Morgan fingerprint density at radius 2 is 1.87 bits per heavy atom. The summed E-state index contributed by atoms with van der Waals surface area (Å²) in [6.45, 7) is 1.21. The third-order valence-electron chi connectivity index (χ3n) is 6.82. The van der Waals surface area contributed by atoms with Crippen LogP contribution >= 0.6 is 11.6 Å². The largest absolute Gasteiger partial charge is 0.441 e. The van der Waals surface area contributed by atoms with Gasteiger partial charge in [-0.1, -0.05) is 11.6 Å². The SMILES string of the molecule is O=C(OC1([C@H]2COC[C@@H](C3CC3)N2S(=O)(=O)c2ccc(Cl)cc2)CC1)N1CC[C@@H](O)C1. The summed E-state index contributed by atoms with van der Waals surface area (Å²) < 4.78 is 40.8. The topological polar surface area (TPSA) is 96.4 Å². The normalized spacial score (nSPS) is 30.9. The lowest BCUT2D eigenvalue weighted by molar-refractivity contribution is -0.0749. The molecule has 0 aromatic heterocycles. The van der Waals surface area contributed by atoms with Crippen molar-refractivity contribution in [1.29, 1.82) is 0 Å². The number of morpholine rings is 1. The van der Waals surface area contributed by atoms with Gasteiger partial charge in [0.25, 0.3) is 0 Å². The molecule has 1 N–H and O–H groups in total. The minimum Gasteiger partial charge on any atom is -0.441 e. The first-order valence-electron chi connectivity index (χ1n) is 10.8. The van der Waals surface area contributed by atoms with Crippen molar-refractivity contribution in [1.82, 2.24) is 9.21 Å². The van der Waals surface area contributed by atoms with E-state index in [1.54, 1.807) is 16.4 Å². The lowest BCUT2D eigenvalue weighted by atomic mass is 10.0. The Balaban J connectivity index is 1.44. The average Bonchev–Trinajstić information content (AvgIpc) is 3.67. The number of carbonyl (C=O) groups is 1. The summed E-state index contributed by atoms with van der Waals surface area (Å²) >= 11 is 5.97. The van der Waals surface area contributed by atoms with Crippen LogP contribution in [0.3, 0.4) is 0 Å². The highest BCUT2D eigenvalue weighted by atomic mass is 35.5. The molecule has 0 radical (unpaired) electrons. The molecule has 2 aliphatic carbocycles. The van der Waals surface area contributed by atoms with E-state index in [2.05, 4.69) is 0 Å². The standard InChI is InChI=1S/C21H27ClN2O6S/c22-15-3-5-17(6-4-15)31(27,28)24-18(14-1-2-14)12-29-13-19(24)21(8-9-21)30-20(26)23-10-7-16(25)11-23/h3-6,14,16,18-19,25H,1-2,7-13H2/t16-,18+,19-/m1/s1. The third kappa shape index (κ3) is 4.06. The maximum Gasteiger partial charge on any atom is 0.410 e. The summed E-state index contributed by atoms with van der Waals surface area (Å²) in [6.07, 6.45) is 2.60. The zero-order valence-corrected chi connectivity index (χ0v) is 18.7. The quantitative estimate of drug-likeness (QED) is 0.709. The number of ether oxygens (including phenoxy) is 2. The molecule has 1 aromatic rings. The van der Waals surface area contributed by atoms with Gasteiger partial charge in [0.15, 0.2) is 0 Å². The number of sulfonamides is 1. The van der Waals surface area contributed by atoms with Gasteiger partial charge in [0.05, 0.1) is 36.3 Å². The van der Waals surface area contributed by atoms with Crippen molar-refractivity contribution in [2.45, 2.75) is 60.8 Å². The highest BCUT2D eigenvalue weighted by Gasteiger charge is 2.61. The van der Waals surface area contributed by atoms with E-state index >= 15 is 0 Å². The highest BCUT2D eigenvalue weighted by Crippen LogP contribution is 2.50. The monoisotopic (exact) mass is 470 g/mol. The third-order valence-corrected chi connectivity index (χ3v) is 9.02. The fourth-order valence-electron chi connectivity index (χ4n) is 4.73. The Hall–Kier alpha value is -1.39. The van der Waals surface area contributed by atoms with E-state index < -0.39 is 33.9 Å². The Morgan fingerprint density at radius 3 is 2.45 bits per heavy atom. The van der Waals surface area contributed by atoms with Gasteiger partial charge in [-0.2, -0.15) is 4.31 Å². The first kappa shape index (κ1) is 21.5. The number of nitrogens with zero attached hydrogens (tertiary/aromatic N) is 2. The molecule has 5 rings (SSSR count). The van der Waals surface area contributed by atoms with E-state index in [1.165, 1.54) is 17.0 Å². The summed E-state index contributed by atoms with van der Waals surface area (Å²) in [6, 6.07) is 5.33. The predicted molar refractivity (Wildman–Crippen MR) is 112 cm³/mol. The maximum atomic E-state index is 13.8. The van der Waals surface area contributed by atoms with E-state index in [9.17, 15) is 18.3 Å². The number of carbonyl (C=O) groups excluding carboxylic acids is 1. The van der Waals surface area contributed by atoms with Crippen LogP contribution in [0.1, 0.15) is 32.1 Å². The molecule has 4 aliphatic rings. The Kier molecular flexibility index (Phi) is 5.45. The van der Waals surface area contributed by atoms with Crippen molar-refractivity contribution < 1.29 is 27.8 Å². The van der Waals surface area contributed by atoms with Crippen LogP contribution in [-0.4, -0.2) is 78.9 Å². The van der Waals surface area contributed by atoms with Gasteiger partial charge in [0.1, 0.15) is 5.60 Å². The lowest BCUT2D eigenvalue weighted by Gasteiger charge is -2.44. The molecule has 10 heteroatoms. The molecule has 3 atom stereocenters. The highest BCUT2D eigenvalue weighted by molar-refractivity contribution is 7.89. The van der Waals surface area contributed by atoms with Crippen molar-refractivity contribution >= 4 is 27.7 Å². The Labute approximate surface area is 187 Å². The van der Waals surface area contributed by atoms with Gasteiger partial charge in [-0.3, -0.25) is 0 Å². The van der Waals surface area contributed by atoms with Gasteiger partial charge < -0.3 is 19.5 Å². The number of aliphatic hydroxyl groups is 1. The van der Waals surface area contributed by atoms with E-state index in [0.717, 1.165) is 12.8 Å². The molecule has 8 nitrogen and oxygen atoms in total. The van der Waals surface area contributed by atoms with Crippen LogP contribution in [0.4, 0.5) is 4.79 Å². The van der Waals surface area contributed by atoms with Crippen molar-refractivity contribution in [2.24, 2.45) is 5.92 Å². The lowest BCUT2D eigenvalue weighted by Crippen LogP contribution is -2.61. The van der Waals surface area contributed by atoms with Crippen LogP contribution in [0.2, 0.25) is 5.02 Å². The van der Waals surface area contributed by atoms with E-state index in [1.807, 2.05) is 0 Å². The molecule has 4 fully saturated rings. The number of β-amino-alcohol motifs (C(OH)–C–C–N with tert-alkyl or cyclic N) is 1. The summed E-state index contributed by atoms with van der Waals surface area (Å²) in [5, 5.41) is 10.2. The van der Waals surface area contributed by atoms with E-state index in [-0.39, 0.29) is 30.0 Å². The van der Waals surface area contributed by atoms with Crippen LogP contribution in [0.5, 0.6) is 0 Å². The molecule has 2 heterocycles. The molecule has 2 saturated carbocycles. The van der Waals surface area contributed by atoms with Crippen molar-refractivity contribution in [3.63, 3.8) is 0 Å². The molecule has 1 aromatic carbocycles. The first-order chi connectivity index (χ1) is 14.8. The summed E-state index contributed by atoms with van der Waals surface area (Å²) in [7, 11) is -3.84. The predicted octanol–water partition coefficient (Wildman–Crippen LogP) is 2.24. The van der Waals surface area contributed by atoms with Crippen LogP contribution < -0.4 is 0 Å². The van der Waals surface area contributed by atoms with Crippen molar-refractivity contribution in [2.75, 3.05) is 26.3 Å². The first-order valence-corrected chi connectivity index (χ1v) is 12.6. The van der Waals surface area contributed by atoms with E-state index in [4.69, 9.17) is 21.1 Å². The molecular formula is C21H27ClN2O6S. The summed E-state index contributed by atoms with van der Waals surface area (Å²) in [4.78, 5) is 14.4. The molecule has 0 bridgehead atoms. The number of aliphatic hydroxyl groups excluding tert-OH is 1. The van der Waals surface area contributed by atoms with Crippen molar-refractivity contribution in [3.8, 4) is 0 Å². The fourth-order valence-corrected chi connectivity index (χ4v) is 6.76. The number of amides is 1. The minimum absolute atomic E-state index is 0.180. The molecule has 0 spiro atoms. The molecule has 1 amide bonds. The fraction of sp³-hybridized carbons (Fsp3) is 0.667. The van der Waals surface area contributed by atoms with Gasteiger partial charge in [0.2, 0.25) is 10.0 Å². The zero-order chi connectivity index (χ0) is 21.8. The molecule has 170 valence electrons. The van der Waals surface area contributed by atoms with Gasteiger partial charge in [-0.05, 0) is 62.3 Å². The second-order valence-electron chi connectivity index (χ2n) is 9.07. The Bertz CT molecular complexity index is 947.